The largest absolute Gasteiger partial charge is 0.465 e. The van der Waals surface area contributed by atoms with Crippen molar-refractivity contribution in [3.05, 3.63) is 0 Å². The normalized spacial score (nSPS) is 16.5. The number of carbonyl (C=O) groups is 2. The highest BCUT2D eigenvalue weighted by Gasteiger charge is 2.36. The minimum absolute atomic E-state index is 0.0309. The van der Waals surface area contributed by atoms with E-state index in [0.29, 0.717) is 18.9 Å². The molecule has 0 bridgehead atoms. The number of hydrogen-bond donors (Lipinski definition) is 1. The summed E-state index contributed by atoms with van der Waals surface area (Å²) in [6, 6.07) is -0.333. The summed E-state index contributed by atoms with van der Waals surface area (Å²) in [7, 11) is 0. The van der Waals surface area contributed by atoms with Gasteiger partial charge in [0, 0.05) is 6.04 Å². The Balaban J connectivity index is 2.55. The van der Waals surface area contributed by atoms with Gasteiger partial charge in [-0.1, -0.05) is 13.8 Å². The number of carbonyl (C=O) groups excluding carboxylic acids is 2. The Morgan fingerprint density at radius 1 is 1.39 bits per heavy atom. The van der Waals surface area contributed by atoms with E-state index in [1.165, 1.54) is 0 Å². The minimum Gasteiger partial charge on any atom is -0.465 e. The van der Waals surface area contributed by atoms with Crippen molar-refractivity contribution in [1.82, 2.24) is 4.90 Å². The Morgan fingerprint density at radius 2 is 2.00 bits per heavy atom. The third kappa shape index (κ3) is 4.64. The van der Waals surface area contributed by atoms with Gasteiger partial charge in [-0.3, -0.25) is 9.59 Å². The molecule has 1 aliphatic rings. The average Bonchev–Trinajstić information content (AvgIpc) is 3.08. The van der Waals surface area contributed by atoms with Gasteiger partial charge in [-0.25, -0.2) is 0 Å². The Kier molecular flexibility index (Phi) is 5.59. The lowest BCUT2D eigenvalue weighted by molar-refractivity contribution is -0.149. The van der Waals surface area contributed by atoms with Gasteiger partial charge in [-0.15, -0.1) is 0 Å². The quantitative estimate of drug-likeness (QED) is 0.687. The van der Waals surface area contributed by atoms with Crippen LogP contribution in [0.4, 0.5) is 0 Å². The van der Waals surface area contributed by atoms with Crippen LogP contribution in [0.3, 0.4) is 0 Å². The average molecular weight is 256 g/mol. The molecule has 5 nitrogen and oxygen atoms in total. The molecule has 0 spiro atoms. The summed E-state index contributed by atoms with van der Waals surface area (Å²) in [5, 5.41) is 0. The number of nitrogens with two attached hydrogens (primary N) is 1. The fourth-order valence-electron chi connectivity index (χ4n) is 1.94. The first-order valence-corrected chi connectivity index (χ1v) is 6.67. The standard InChI is InChI=1S/C13H24N2O3/c1-4-18-12(16)8-15(10-5-6-10)13(17)11(14)7-9(2)3/h9-11H,4-8,14H2,1-3H3/t11-/m1/s1. The fraction of sp³-hybridized carbons (Fsp3) is 0.846. The van der Waals surface area contributed by atoms with Gasteiger partial charge >= 0.3 is 5.97 Å². The lowest BCUT2D eigenvalue weighted by Gasteiger charge is -2.25. The van der Waals surface area contributed by atoms with E-state index in [2.05, 4.69) is 0 Å². The van der Waals surface area contributed by atoms with Crippen LogP contribution >= 0.6 is 0 Å². The van der Waals surface area contributed by atoms with E-state index >= 15 is 0 Å². The zero-order chi connectivity index (χ0) is 13.7. The van der Waals surface area contributed by atoms with Crippen LogP contribution in [0.1, 0.15) is 40.0 Å². The topological polar surface area (TPSA) is 72.6 Å². The second-order valence-corrected chi connectivity index (χ2v) is 5.24. The monoisotopic (exact) mass is 256 g/mol. The molecule has 1 rings (SSSR count). The summed E-state index contributed by atoms with van der Waals surface area (Å²) in [6.07, 6.45) is 2.56. The first-order chi connectivity index (χ1) is 8.45. The molecule has 0 heterocycles. The Morgan fingerprint density at radius 3 is 2.44 bits per heavy atom. The van der Waals surface area contributed by atoms with Crippen molar-refractivity contribution in [1.29, 1.82) is 0 Å². The lowest BCUT2D eigenvalue weighted by atomic mass is 10.0. The van der Waals surface area contributed by atoms with Gasteiger partial charge in [0.1, 0.15) is 6.54 Å². The molecule has 0 unspecified atom stereocenters. The van der Waals surface area contributed by atoms with Crippen LogP contribution in [-0.4, -0.2) is 42.0 Å². The predicted octanol–water partition coefficient (Wildman–Crippen LogP) is 0.914. The molecule has 0 aromatic carbocycles. The predicted molar refractivity (Wildman–Crippen MR) is 68.8 cm³/mol. The molecule has 2 N–H and O–H groups in total. The summed E-state index contributed by atoms with van der Waals surface area (Å²) >= 11 is 0. The SMILES string of the molecule is CCOC(=O)CN(C(=O)[C@H](N)CC(C)C)C1CC1. The van der Waals surface area contributed by atoms with Crippen LogP contribution in [0.15, 0.2) is 0 Å². The molecule has 1 fully saturated rings. The van der Waals surface area contributed by atoms with Gasteiger partial charge in [0.05, 0.1) is 12.6 Å². The smallest absolute Gasteiger partial charge is 0.325 e. The maximum absolute atomic E-state index is 12.2. The molecule has 0 aromatic heterocycles. The van der Waals surface area contributed by atoms with E-state index in [1.54, 1.807) is 11.8 Å². The van der Waals surface area contributed by atoms with Crippen molar-refractivity contribution in [2.24, 2.45) is 11.7 Å². The van der Waals surface area contributed by atoms with Gasteiger partial charge in [-0.2, -0.15) is 0 Å². The molecule has 5 heteroatoms. The Bertz CT molecular complexity index is 301. The molecule has 1 saturated carbocycles. The number of amides is 1. The van der Waals surface area contributed by atoms with Gasteiger partial charge < -0.3 is 15.4 Å². The van der Waals surface area contributed by atoms with Crippen LogP contribution < -0.4 is 5.73 Å². The summed E-state index contributed by atoms with van der Waals surface area (Å²) in [5.74, 6) is -0.110. The third-order valence-corrected chi connectivity index (χ3v) is 2.92. The maximum Gasteiger partial charge on any atom is 0.325 e. The summed E-state index contributed by atoms with van der Waals surface area (Å²) < 4.78 is 4.89. The molecular formula is C13H24N2O3. The minimum atomic E-state index is -0.514. The van der Waals surface area contributed by atoms with Crippen molar-refractivity contribution >= 4 is 11.9 Å². The first kappa shape index (κ1) is 15.0. The molecule has 0 saturated heterocycles. The number of ether oxygens (including phenoxy) is 1. The number of rotatable bonds is 7. The maximum atomic E-state index is 12.2. The van der Waals surface area contributed by atoms with Crippen LogP contribution in [0, 0.1) is 5.92 Å². The van der Waals surface area contributed by atoms with Gasteiger partial charge in [0.25, 0.3) is 0 Å². The summed E-state index contributed by atoms with van der Waals surface area (Å²) in [4.78, 5) is 25.3. The molecule has 1 atom stereocenters. The van der Waals surface area contributed by atoms with Crippen LogP contribution in [0.25, 0.3) is 0 Å². The highest BCUT2D eigenvalue weighted by atomic mass is 16.5. The van der Waals surface area contributed by atoms with E-state index in [-0.39, 0.29) is 24.5 Å². The number of nitrogens with zero attached hydrogens (tertiary/aromatic N) is 1. The van der Waals surface area contributed by atoms with Crippen molar-refractivity contribution in [3.63, 3.8) is 0 Å². The zero-order valence-electron chi connectivity index (χ0n) is 11.5. The molecule has 0 aliphatic heterocycles. The van der Waals surface area contributed by atoms with Gasteiger partial charge in [0.2, 0.25) is 5.91 Å². The highest BCUT2D eigenvalue weighted by molar-refractivity contribution is 5.86. The van der Waals surface area contributed by atoms with E-state index in [4.69, 9.17) is 10.5 Å². The van der Waals surface area contributed by atoms with Gasteiger partial charge in [-0.05, 0) is 32.1 Å². The molecule has 104 valence electrons. The molecule has 0 aromatic rings. The zero-order valence-corrected chi connectivity index (χ0v) is 11.5. The summed E-state index contributed by atoms with van der Waals surface area (Å²) in [6.45, 7) is 6.18. The van der Waals surface area contributed by atoms with Crippen LogP contribution in [-0.2, 0) is 14.3 Å². The lowest BCUT2D eigenvalue weighted by Crippen LogP contribution is -2.47. The molecule has 1 amide bonds. The van der Waals surface area contributed by atoms with E-state index in [0.717, 1.165) is 12.8 Å². The molecule has 1 aliphatic carbocycles. The second-order valence-electron chi connectivity index (χ2n) is 5.24. The fourth-order valence-corrected chi connectivity index (χ4v) is 1.94. The second kappa shape index (κ2) is 6.73. The third-order valence-electron chi connectivity index (χ3n) is 2.92. The number of hydrogen-bond acceptors (Lipinski definition) is 4. The number of esters is 1. The molecule has 0 radical (unpaired) electrons. The van der Waals surface area contributed by atoms with Crippen molar-refractivity contribution in [3.8, 4) is 0 Å². The Labute approximate surface area is 109 Å². The van der Waals surface area contributed by atoms with E-state index in [1.807, 2.05) is 13.8 Å². The van der Waals surface area contributed by atoms with Crippen LogP contribution in [0.2, 0.25) is 0 Å². The first-order valence-electron chi connectivity index (χ1n) is 6.67. The van der Waals surface area contributed by atoms with Crippen LogP contribution in [0.5, 0.6) is 0 Å². The summed E-state index contributed by atoms with van der Waals surface area (Å²) in [5.41, 5.74) is 5.89. The van der Waals surface area contributed by atoms with Gasteiger partial charge in [0.15, 0.2) is 0 Å². The van der Waals surface area contributed by atoms with Crippen molar-refractivity contribution < 1.29 is 14.3 Å². The van der Waals surface area contributed by atoms with Crippen molar-refractivity contribution in [2.45, 2.75) is 52.1 Å². The molecular weight excluding hydrogens is 232 g/mol. The van der Waals surface area contributed by atoms with Crippen molar-refractivity contribution in [2.75, 3.05) is 13.2 Å². The Hall–Kier alpha value is -1.10. The molecule has 18 heavy (non-hydrogen) atoms. The highest BCUT2D eigenvalue weighted by Crippen LogP contribution is 2.27. The van der Waals surface area contributed by atoms with E-state index < -0.39 is 6.04 Å². The van der Waals surface area contributed by atoms with E-state index in [9.17, 15) is 9.59 Å².